The van der Waals surface area contributed by atoms with Crippen LogP contribution in [0.25, 0.3) is 0 Å². The zero-order valence-corrected chi connectivity index (χ0v) is 12.7. The van der Waals surface area contributed by atoms with Gasteiger partial charge in [-0.3, -0.25) is 0 Å². The Labute approximate surface area is 124 Å². The number of rotatable bonds is 3. The van der Waals surface area contributed by atoms with Crippen LogP contribution >= 0.6 is 22.9 Å². The van der Waals surface area contributed by atoms with Crippen LogP contribution in [0.2, 0.25) is 4.34 Å². The minimum atomic E-state index is -4.27. The minimum absolute atomic E-state index is 0.0247. The molecule has 114 valence electrons. The minimum Gasteiger partial charge on any atom is -0.207 e. The summed E-state index contributed by atoms with van der Waals surface area (Å²) >= 11 is 6.55. The molecular weight excluding hydrogens is 335 g/mol. The van der Waals surface area contributed by atoms with Crippen molar-refractivity contribution in [3.05, 3.63) is 16.5 Å². The molecule has 0 bridgehead atoms. The average Bonchev–Trinajstić information content (AvgIpc) is 2.75. The molecule has 1 aromatic rings. The van der Waals surface area contributed by atoms with E-state index >= 15 is 0 Å². The second-order valence-electron chi connectivity index (χ2n) is 4.78. The Morgan fingerprint density at radius 1 is 1.30 bits per heavy atom. The highest BCUT2D eigenvalue weighted by Gasteiger charge is 2.42. The summed E-state index contributed by atoms with van der Waals surface area (Å²) in [7, 11) is -3.79. The first-order chi connectivity index (χ1) is 9.18. The molecule has 1 aromatic heterocycles. The van der Waals surface area contributed by atoms with Crippen LogP contribution in [0.3, 0.4) is 0 Å². The van der Waals surface area contributed by atoms with Crippen molar-refractivity contribution in [1.82, 2.24) is 4.72 Å². The van der Waals surface area contributed by atoms with E-state index in [1.165, 1.54) is 12.1 Å². The molecule has 2 atom stereocenters. The van der Waals surface area contributed by atoms with E-state index in [1.54, 1.807) is 0 Å². The highest BCUT2D eigenvalue weighted by Crippen LogP contribution is 2.38. The molecule has 20 heavy (non-hydrogen) atoms. The first-order valence-corrected chi connectivity index (χ1v) is 8.70. The van der Waals surface area contributed by atoms with Crippen molar-refractivity contribution in [3.8, 4) is 0 Å². The largest absolute Gasteiger partial charge is 0.391 e. The topological polar surface area (TPSA) is 46.2 Å². The van der Waals surface area contributed by atoms with E-state index in [9.17, 15) is 21.6 Å². The fraction of sp³-hybridized carbons (Fsp3) is 0.636. The maximum Gasteiger partial charge on any atom is 0.391 e. The molecule has 1 heterocycles. The zero-order valence-electron chi connectivity index (χ0n) is 10.3. The molecule has 0 saturated heterocycles. The van der Waals surface area contributed by atoms with Gasteiger partial charge < -0.3 is 0 Å². The van der Waals surface area contributed by atoms with E-state index in [0.717, 1.165) is 11.3 Å². The average molecular weight is 348 g/mol. The number of alkyl halides is 3. The Bertz CT molecular complexity index is 570. The zero-order chi connectivity index (χ0) is 15.0. The van der Waals surface area contributed by atoms with Crippen molar-refractivity contribution in [1.29, 1.82) is 0 Å². The fourth-order valence-corrected chi connectivity index (χ4v) is 5.10. The molecule has 0 spiro atoms. The third-order valence-corrected chi connectivity index (χ3v) is 6.52. The molecule has 0 aliphatic heterocycles. The van der Waals surface area contributed by atoms with Gasteiger partial charge in [-0.2, -0.15) is 13.2 Å². The molecule has 2 rings (SSSR count). The fourth-order valence-electron chi connectivity index (χ4n) is 2.31. The summed E-state index contributed by atoms with van der Waals surface area (Å²) in [4.78, 5) is 0. The van der Waals surface area contributed by atoms with Crippen molar-refractivity contribution in [2.75, 3.05) is 0 Å². The smallest absolute Gasteiger partial charge is 0.207 e. The molecule has 0 radical (unpaired) electrons. The lowest BCUT2D eigenvalue weighted by molar-refractivity contribution is -0.183. The van der Waals surface area contributed by atoms with Gasteiger partial charge in [0.15, 0.2) is 0 Å². The Morgan fingerprint density at radius 3 is 2.55 bits per heavy atom. The van der Waals surface area contributed by atoms with Crippen LogP contribution in [-0.2, 0) is 10.0 Å². The molecule has 1 saturated carbocycles. The highest BCUT2D eigenvalue weighted by molar-refractivity contribution is 7.91. The lowest BCUT2D eigenvalue weighted by Gasteiger charge is -2.30. The van der Waals surface area contributed by atoms with Crippen molar-refractivity contribution in [2.24, 2.45) is 5.92 Å². The van der Waals surface area contributed by atoms with Gasteiger partial charge in [0.1, 0.15) is 4.21 Å². The van der Waals surface area contributed by atoms with Gasteiger partial charge in [0, 0.05) is 6.04 Å². The van der Waals surface area contributed by atoms with E-state index in [0.29, 0.717) is 17.2 Å². The van der Waals surface area contributed by atoms with E-state index in [4.69, 9.17) is 11.6 Å². The summed E-state index contributed by atoms with van der Waals surface area (Å²) in [6, 6.07) is 2.11. The quantitative estimate of drug-likeness (QED) is 0.904. The Morgan fingerprint density at radius 2 is 2.00 bits per heavy atom. The molecule has 1 N–H and O–H groups in total. The lowest BCUT2D eigenvalue weighted by atomic mass is 9.86. The van der Waals surface area contributed by atoms with Crippen LogP contribution < -0.4 is 4.72 Å². The molecule has 1 aliphatic rings. The first kappa shape index (κ1) is 16.1. The summed E-state index contributed by atoms with van der Waals surface area (Å²) in [5.41, 5.74) is 0. The van der Waals surface area contributed by atoms with E-state index < -0.39 is 28.2 Å². The van der Waals surface area contributed by atoms with E-state index in [2.05, 4.69) is 4.72 Å². The maximum absolute atomic E-state index is 12.7. The Kier molecular flexibility index (Phi) is 4.68. The van der Waals surface area contributed by atoms with Gasteiger partial charge in [0.25, 0.3) is 0 Å². The van der Waals surface area contributed by atoms with E-state index in [-0.39, 0.29) is 17.1 Å². The lowest BCUT2D eigenvalue weighted by Crippen LogP contribution is -2.41. The van der Waals surface area contributed by atoms with Crippen LogP contribution in [0.1, 0.15) is 25.7 Å². The number of halogens is 4. The predicted octanol–water partition coefficient (Wildman–Crippen LogP) is 3.80. The summed E-state index contributed by atoms with van der Waals surface area (Å²) in [5.74, 6) is -1.43. The van der Waals surface area contributed by atoms with Crippen molar-refractivity contribution in [2.45, 2.75) is 42.1 Å². The van der Waals surface area contributed by atoms with E-state index in [1.807, 2.05) is 0 Å². The third-order valence-electron chi connectivity index (χ3n) is 3.27. The molecule has 0 aromatic carbocycles. The van der Waals surface area contributed by atoms with Gasteiger partial charge in [-0.15, -0.1) is 11.3 Å². The normalized spacial score (nSPS) is 24.8. The van der Waals surface area contributed by atoms with Gasteiger partial charge in [-0.05, 0) is 31.4 Å². The number of thiophene rings is 1. The molecule has 0 amide bonds. The van der Waals surface area contributed by atoms with Crippen molar-refractivity contribution < 1.29 is 21.6 Å². The summed E-state index contributed by atoms with van der Waals surface area (Å²) < 4.78 is 64.8. The molecule has 1 fully saturated rings. The Balaban J connectivity index is 2.06. The van der Waals surface area contributed by atoms with Crippen molar-refractivity contribution >= 4 is 33.0 Å². The van der Waals surface area contributed by atoms with Crippen LogP contribution in [0.4, 0.5) is 13.2 Å². The van der Waals surface area contributed by atoms with Gasteiger partial charge in [0.2, 0.25) is 10.0 Å². The highest BCUT2D eigenvalue weighted by atomic mass is 35.5. The first-order valence-electron chi connectivity index (χ1n) is 6.03. The summed E-state index contributed by atoms with van der Waals surface area (Å²) in [6.07, 6.45) is -3.63. The van der Waals surface area contributed by atoms with Gasteiger partial charge >= 0.3 is 6.18 Å². The number of hydrogen-bond acceptors (Lipinski definition) is 3. The van der Waals surface area contributed by atoms with Crippen LogP contribution in [0, 0.1) is 5.92 Å². The number of sulfonamides is 1. The van der Waals surface area contributed by atoms with Crippen LogP contribution in [0.5, 0.6) is 0 Å². The SMILES string of the molecule is O=S(=O)(N[C@@H]1CCC[C@H](C(F)(F)F)C1)c1ccc(Cl)s1. The standard InChI is InChI=1S/C11H13ClF3NO2S2/c12-9-4-5-10(19-9)20(17,18)16-8-3-1-2-7(6-8)11(13,14)15/h4-5,7-8,16H,1-3,6H2/t7-,8+/m0/s1. The summed E-state index contributed by atoms with van der Waals surface area (Å²) in [6.45, 7) is 0. The molecular formula is C11H13ClF3NO2S2. The molecule has 9 heteroatoms. The monoisotopic (exact) mass is 347 g/mol. The second-order valence-corrected chi connectivity index (χ2v) is 8.44. The predicted molar refractivity (Wildman–Crippen MR) is 71.5 cm³/mol. The third kappa shape index (κ3) is 3.87. The Hall–Kier alpha value is -0.310. The van der Waals surface area contributed by atoms with Crippen molar-refractivity contribution in [3.63, 3.8) is 0 Å². The number of nitrogens with one attached hydrogen (secondary N) is 1. The molecule has 0 unspecified atom stereocenters. The summed E-state index contributed by atoms with van der Waals surface area (Å²) in [5, 5.41) is 0. The van der Waals surface area contributed by atoms with Crippen LogP contribution in [-0.4, -0.2) is 20.6 Å². The number of hydrogen-bond donors (Lipinski definition) is 1. The molecule has 1 aliphatic carbocycles. The maximum atomic E-state index is 12.7. The van der Waals surface area contributed by atoms with Gasteiger partial charge in [-0.1, -0.05) is 18.0 Å². The van der Waals surface area contributed by atoms with Crippen LogP contribution in [0.15, 0.2) is 16.3 Å². The molecule has 3 nitrogen and oxygen atoms in total. The van der Waals surface area contributed by atoms with Gasteiger partial charge in [0.05, 0.1) is 10.3 Å². The van der Waals surface area contributed by atoms with Gasteiger partial charge in [-0.25, -0.2) is 13.1 Å². The second kappa shape index (κ2) is 5.82.